The predicted molar refractivity (Wildman–Crippen MR) is 101 cm³/mol. The SMILES string of the molecule is Oc1cccc(-c2cnc3ccc(-c4cccc5ncccc45)nn23)c1. The molecule has 0 bridgehead atoms. The molecule has 3 aromatic heterocycles. The Bertz CT molecular complexity index is 1250. The number of phenols is 1. The third kappa shape index (κ3) is 2.29. The second kappa shape index (κ2) is 5.67. The van der Waals surface area contributed by atoms with Gasteiger partial charge in [-0.25, -0.2) is 9.50 Å². The topological polar surface area (TPSA) is 63.3 Å². The van der Waals surface area contributed by atoms with Crippen LogP contribution in [-0.2, 0) is 0 Å². The highest BCUT2D eigenvalue weighted by atomic mass is 16.3. The summed E-state index contributed by atoms with van der Waals surface area (Å²) in [7, 11) is 0. The standard InChI is InChI=1S/C21H14N4O/c26-15-5-1-4-14(12-15)20-13-23-21-10-9-19(24-25(20)21)17-6-2-8-18-16(17)7-3-11-22-18/h1-13,26H. The average molecular weight is 338 g/mol. The Hall–Kier alpha value is -3.73. The zero-order valence-corrected chi connectivity index (χ0v) is 13.7. The van der Waals surface area contributed by atoms with Crippen LogP contribution in [0.3, 0.4) is 0 Å². The highest BCUT2D eigenvalue weighted by Crippen LogP contribution is 2.28. The fourth-order valence-electron chi connectivity index (χ4n) is 3.21. The van der Waals surface area contributed by atoms with E-state index in [1.54, 1.807) is 29.0 Å². The minimum Gasteiger partial charge on any atom is -0.508 e. The van der Waals surface area contributed by atoms with Crippen molar-refractivity contribution in [2.75, 3.05) is 0 Å². The molecule has 0 unspecified atom stereocenters. The summed E-state index contributed by atoms with van der Waals surface area (Å²) in [6.45, 7) is 0. The molecule has 0 atom stereocenters. The van der Waals surface area contributed by atoms with E-state index in [0.29, 0.717) is 0 Å². The van der Waals surface area contributed by atoms with Gasteiger partial charge >= 0.3 is 0 Å². The molecule has 5 rings (SSSR count). The molecule has 1 N–H and O–H groups in total. The van der Waals surface area contributed by atoms with Crippen LogP contribution in [0.5, 0.6) is 5.75 Å². The summed E-state index contributed by atoms with van der Waals surface area (Å²) in [5.41, 5.74) is 5.25. The van der Waals surface area contributed by atoms with Crippen LogP contribution in [-0.4, -0.2) is 24.7 Å². The molecule has 0 amide bonds. The molecule has 5 nitrogen and oxygen atoms in total. The predicted octanol–water partition coefficient (Wildman–Crippen LogP) is 4.32. The molecule has 0 fully saturated rings. The molecule has 124 valence electrons. The first kappa shape index (κ1) is 14.6. The molecule has 0 spiro atoms. The van der Waals surface area contributed by atoms with Crippen molar-refractivity contribution >= 4 is 16.6 Å². The molecule has 0 radical (unpaired) electrons. The first-order valence-electron chi connectivity index (χ1n) is 8.28. The van der Waals surface area contributed by atoms with Crippen LogP contribution >= 0.6 is 0 Å². The van der Waals surface area contributed by atoms with E-state index in [9.17, 15) is 5.11 Å². The molecule has 0 aliphatic rings. The maximum absolute atomic E-state index is 9.78. The monoisotopic (exact) mass is 338 g/mol. The van der Waals surface area contributed by atoms with Crippen molar-refractivity contribution in [3.05, 3.63) is 79.1 Å². The number of benzene rings is 2. The van der Waals surface area contributed by atoms with Crippen LogP contribution in [0.1, 0.15) is 0 Å². The second-order valence-corrected chi connectivity index (χ2v) is 6.06. The lowest BCUT2D eigenvalue weighted by Gasteiger charge is -2.07. The number of hydrogen-bond acceptors (Lipinski definition) is 4. The van der Waals surface area contributed by atoms with Gasteiger partial charge in [-0.05, 0) is 36.4 Å². The number of imidazole rings is 1. The van der Waals surface area contributed by atoms with Crippen molar-refractivity contribution in [2.24, 2.45) is 0 Å². The van der Waals surface area contributed by atoms with Crippen LogP contribution < -0.4 is 0 Å². The molecule has 3 heterocycles. The Morgan fingerprint density at radius 3 is 2.69 bits per heavy atom. The zero-order valence-electron chi connectivity index (χ0n) is 13.7. The molecule has 5 heteroatoms. The summed E-state index contributed by atoms with van der Waals surface area (Å²) in [5, 5.41) is 15.6. The number of aromatic hydroxyl groups is 1. The van der Waals surface area contributed by atoms with Crippen molar-refractivity contribution in [1.29, 1.82) is 0 Å². The van der Waals surface area contributed by atoms with Crippen LogP contribution in [0.15, 0.2) is 79.1 Å². The van der Waals surface area contributed by atoms with Crippen LogP contribution in [0, 0.1) is 0 Å². The lowest BCUT2D eigenvalue weighted by atomic mass is 10.1. The van der Waals surface area contributed by atoms with Gasteiger partial charge in [-0.15, -0.1) is 0 Å². The number of hydrogen-bond donors (Lipinski definition) is 1. The maximum atomic E-state index is 9.78. The van der Waals surface area contributed by atoms with Gasteiger partial charge in [0.2, 0.25) is 0 Å². The first-order valence-corrected chi connectivity index (χ1v) is 8.28. The summed E-state index contributed by atoms with van der Waals surface area (Å²) in [5.74, 6) is 0.216. The maximum Gasteiger partial charge on any atom is 0.154 e. The third-order valence-electron chi connectivity index (χ3n) is 4.43. The van der Waals surface area contributed by atoms with Crippen molar-refractivity contribution < 1.29 is 5.11 Å². The molecule has 0 saturated heterocycles. The Morgan fingerprint density at radius 2 is 1.77 bits per heavy atom. The summed E-state index contributed by atoms with van der Waals surface area (Å²) in [6, 6.07) is 21.0. The summed E-state index contributed by atoms with van der Waals surface area (Å²) < 4.78 is 1.80. The molecule has 0 aliphatic carbocycles. The smallest absolute Gasteiger partial charge is 0.154 e. The fourth-order valence-corrected chi connectivity index (χ4v) is 3.21. The fraction of sp³-hybridized carbons (Fsp3) is 0. The molecular weight excluding hydrogens is 324 g/mol. The highest BCUT2D eigenvalue weighted by Gasteiger charge is 2.11. The van der Waals surface area contributed by atoms with Gasteiger partial charge in [0.05, 0.1) is 23.1 Å². The number of aromatic nitrogens is 4. The van der Waals surface area contributed by atoms with E-state index in [4.69, 9.17) is 5.10 Å². The summed E-state index contributed by atoms with van der Waals surface area (Å²) in [4.78, 5) is 8.85. The zero-order chi connectivity index (χ0) is 17.5. The van der Waals surface area contributed by atoms with Gasteiger partial charge in [0.25, 0.3) is 0 Å². The van der Waals surface area contributed by atoms with Gasteiger partial charge in [-0.1, -0.05) is 30.3 Å². The van der Waals surface area contributed by atoms with Gasteiger partial charge in [-0.2, -0.15) is 5.10 Å². The van der Waals surface area contributed by atoms with E-state index < -0.39 is 0 Å². The third-order valence-corrected chi connectivity index (χ3v) is 4.43. The number of nitrogens with zero attached hydrogens (tertiary/aromatic N) is 4. The second-order valence-electron chi connectivity index (χ2n) is 6.06. The van der Waals surface area contributed by atoms with Crippen LogP contribution in [0.25, 0.3) is 39.1 Å². The molecule has 0 saturated carbocycles. The van der Waals surface area contributed by atoms with E-state index in [2.05, 4.69) is 9.97 Å². The number of pyridine rings is 1. The molecule has 2 aromatic carbocycles. The van der Waals surface area contributed by atoms with Crippen LogP contribution in [0.4, 0.5) is 0 Å². The molecule has 0 aliphatic heterocycles. The normalized spacial score (nSPS) is 11.2. The first-order chi connectivity index (χ1) is 12.8. The lowest BCUT2D eigenvalue weighted by Crippen LogP contribution is -1.97. The van der Waals surface area contributed by atoms with Crippen molar-refractivity contribution in [2.45, 2.75) is 0 Å². The molecule has 5 aromatic rings. The average Bonchev–Trinajstić information content (AvgIpc) is 3.11. The van der Waals surface area contributed by atoms with Crippen molar-refractivity contribution in [3.63, 3.8) is 0 Å². The Labute approximate surface area is 149 Å². The van der Waals surface area contributed by atoms with E-state index in [1.165, 1.54) is 0 Å². The minimum atomic E-state index is 0.216. The molecule has 26 heavy (non-hydrogen) atoms. The van der Waals surface area contributed by atoms with E-state index in [1.807, 2.05) is 54.6 Å². The molecular formula is C21H14N4O. The van der Waals surface area contributed by atoms with Crippen molar-refractivity contribution in [1.82, 2.24) is 19.6 Å². The lowest BCUT2D eigenvalue weighted by molar-refractivity contribution is 0.475. The summed E-state index contributed by atoms with van der Waals surface area (Å²) in [6.07, 6.45) is 3.56. The van der Waals surface area contributed by atoms with Gasteiger partial charge in [0.1, 0.15) is 5.75 Å². The van der Waals surface area contributed by atoms with E-state index in [0.717, 1.165) is 39.1 Å². The van der Waals surface area contributed by atoms with E-state index in [-0.39, 0.29) is 5.75 Å². The van der Waals surface area contributed by atoms with Gasteiger partial charge in [0.15, 0.2) is 5.65 Å². The largest absolute Gasteiger partial charge is 0.508 e. The number of rotatable bonds is 2. The highest BCUT2D eigenvalue weighted by molar-refractivity contribution is 5.93. The Morgan fingerprint density at radius 1 is 0.846 bits per heavy atom. The number of fused-ring (bicyclic) bond motifs is 2. The summed E-state index contributed by atoms with van der Waals surface area (Å²) >= 11 is 0. The van der Waals surface area contributed by atoms with Gasteiger partial charge in [-0.3, -0.25) is 4.98 Å². The van der Waals surface area contributed by atoms with Crippen molar-refractivity contribution in [3.8, 4) is 28.3 Å². The van der Waals surface area contributed by atoms with Gasteiger partial charge < -0.3 is 5.11 Å². The minimum absolute atomic E-state index is 0.216. The van der Waals surface area contributed by atoms with Crippen LogP contribution in [0.2, 0.25) is 0 Å². The Balaban J connectivity index is 1.74. The van der Waals surface area contributed by atoms with Gasteiger partial charge in [0, 0.05) is 22.7 Å². The number of phenolic OH excluding ortho intramolecular Hbond substituents is 1. The van der Waals surface area contributed by atoms with E-state index >= 15 is 0 Å². The Kier molecular flexibility index (Phi) is 3.18. The quantitative estimate of drug-likeness (QED) is 0.521.